The van der Waals surface area contributed by atoms with E-state index in [1.54, 1.807) is 0 Å². The van der Waals surface area contributed by atoms with Crippen molar-refractivity contribution in [2.75, 3.05) is 53.0 Å². The van der Waals surface area contributed by atoms with Crippen LogP contribution in [-0.4, -0.2) is 68.8 Å². The summed E-state index contributed by atoms with van der Waals surface area (Å²) >= 11 is 0. The van der Waals surface area contributed by atoms with Crippen LogP contribution in [0.3, 0.4) is 0 Å². The van der Waals surface area contributed by atoms with Crippen LogP contribution in [0.25, 0.3) is 0 Å². The van der Waals surface area contributed by atoms with Crippen molar-refractivity contribution >= 4 is 5.97 Å². The second-order valence-electron chi connectivity index (χ2n) is 15.2. The van der Waals surface area contributed by atoms with Crippen molar-refractivity contribution in [3.05, 3.63) is 23.8 Å². The number of piperazine rings is 1. The molecule has 0 aliphatic carbocycles. The number of nitrogens with zero attached hydrogens (tertiary/aromatic N) is 2. The summed E-state index contributed by atoms with van der Waals surface area (Å²) in [7, 11) is 2.17. The highest BCUT2D eigenvalue weighted by molar-refractivity contribution is 5.69. The van der Waals surface area contributed by atoms with E-state index < -0.39 is 0 Å². The van der Waals surface area contributed by atoms with Gasteiger partial charge < -0.3 is 24.0 Å². The summed E-state index contributed by atoms with van der Waals surface area (Å²) in [4.78, 5) is 17.4. The van der Waals surface area contributed by atoms with Gasteiger partial charge in [-0.2, -0.15) is 0 Å². The summed E-state index contributed by atoms with van der Waals surface area (Å²) in [5.74, 6) is 1.52. The number of carbonyl (C=O) groups is 1. The van der Waals surface area contributed by atoms with Crippen LogP contribution < -0.4 is 9.47 Å². The highest BCUT2D eigenvalue weighted by Gasteiger charge is 2.14. The van der Waals surface area contributed by atoms with E-state index in [4.69, 9.17) is 14.2 Å². The maximum Gasteiger partial charge on any atom is 0.306 e. The topological polar surface area (TPSA) is 51.2 Å². The third-order valence-electron chi connectivity index (χ3n) is 10.3. The van der Waals surface area contributed by atoms with E-state index in [0.717, 1.165) is 69.0 Å². The third-order valence-corrected chi connectivity index (χ3v) is 10.3. The fourth-order valence-electron chi connectivity index (χ4n) is 6.90. The molecule has 1 heterocycles. The van der Waals surface area contributed by atoms with E-state index in [1.165, 1.54) is 141 Å². The van der Waals surface area contributed by atoms with Gasteiger partial charge in [-0.3, -0.25) is 4.79 Å². The number of ether oxygens (including phenoxy) is 3. The van der Waals surface area contributed by atoms with Gasteiger partial charge in [0.25, 0.3) is 0 Å². The average molecular weight is 701 g/mol. The van der Waals surface area contributed by atoms with Gasteiger partial charge >= 0.3 is 5.97 Å². The van der Waals surface area contributed by atoms with Crippen LogP contribution in [0, 0.1) is 0 Å². The smallest absolute Gasteiger partial charge is 0.306 e. The second kappa shape index (κ2) is 31.9. The molecule has 1 fully saturated rings. The van der Waals surface area contributed by atoms with Crippen LogP contribution in [0.1, 0.15) is 186 Å². The van der Waals surface area contributed by atoms with Crippen LogP contribution in [0.4, 0.5) is 0 Å². The molecule has 0 atom stereocenters. The van der Waals surface area contributed by atoms with Gasteiger partial charge in [0, 0.05) is 38.7 Å². The number of hydrogen-bond acceptors (Lipinski definition) is 6. The van der Waals surface area contributed by atoms with Crippen molar-refractivity contribution in [3.63, 3.8) is 0 Å². The van der Waals surface area contributed by atoms with E-state index in [9.17, 15) is 4.79 Å². The molecule has 1 aromatic carbocycles. The van der Waals surface area contributed by atoms with Crippen LogP contribution in [0.2, 0.25) is 0 Å². The average Bonchev–Trinajstić information content (AvgIpc) is 3.12. The SMILES string of the molecule is CCCCCCCCCCCCCCCOc1cc(COC(=O)CCCN2CCN(C)CC2)cc(OCCCCCCCCCCCCC)c1. The molecule has 6 nitrogen and oxygen atoms in total. The number of likely N-dealkylation sites (N-methyl/N-ethyl adjacent to an activating group) is 1. The van der Waals surface area contributed by atoms with Gasteiger partial charge in [0.2, 0.25) is 0 Å². The van der Waals surface area contributed by atoms with Gasteiger partial charge in [0.15, 0.2) is 0 Å². The fraction of sp³-hybridized carbons (Fsp3) is 0.841. The number of hydrogen-bond donors (Lipinski definition) is 0. The molecule has 0 N–H and O–H groups in total. The lowest BCUT2D eigenvalue weighted by Crippen LogP contribution is -2.44. The van der Waals surface area contributed by atoms with Crippen molar-refractivity contribution < 1.29 is 19.0 Å². The predicted octanol–water partition coefficient (Wildman–Crippen LogP) is 11.9. The first-order chi connectivity index (χ1) is 24.6. The molecular weight excluding hydrogens is 620 g/mol. The standard InChI is InChI=1S/C44H80N2O4/c1-4-6-8-10-12-14-16-17-19-21-23-25-27-36-49-43-38-41(40-50-44(47)29-28-30-46-33-31-45(3)32-34-46)37-42(39-43)48-35-26-24-22-20-18-15-13-11-9-7-5-2/h37-39H,4-36,40H2,1-3H3. The number of benzene rings is 1. The molecule has 50 heavy (non-hydrogen) atoms. The molecule has 0 spiro atoms. The minimum atomic E-state index is -0.124. The van der Waals surface area contributed by atoms with E-state index in [-0.39, 0.29) is 12.6 Å². The summed E-state index contributed by atoms with van der Waals surface area (Å²) < 4.78 is 18.1. The second-order valence-corrected chi connectivity index (χ2v) is 15.2. The van der Waals surface area contributed by atoms with Crippen molar-refractivity contribution in [2.45, 2.75) is 187 Å². The molecule has 1 aliphatic rings. The van der Waals surface area contributed by atoms with Crippen LogP contribution in [-0.2, 0) is 16.1 Å². The molecular formula is C44H80N2O4. The van der Waals surface area contributed by atoms with Crippen LogP contribution in [0.15, 0.2) is 18.2 Å². The number of rotatable bonds is 34. The number of unbranched alkanes of at least 4 members (excludes halogenated alkanes) is 22. The van der Waals surface area contributed by atoms with Crippen molar-refractivity contribution in [3.8, 4) is 11.5 Å². The summed E-state index contributed by atoms with van der Waals surface area (Å²) in [6, 6.07) is 6.06. The Balaban J connectivity index is 1.67. The Morgan fingerprint density at radius 2 is 0.940 bits per heavy atom. The van der Waals surface area contributed by atoms with Gasteiger partial charge in [-0.05, 0) is 50.6 Å². The van der Waals surface area contributed by atoms with Gasteiger partial charge in [-0.1, -0.05) is 155 Å². The summed E-state index contributed by atoms with van der Waals surface area (Å²) in [6.45, 7) is 11.6. The van der Waals surface area contributed by atoms with Crippen LogP contribution >= 0.6 is 0 Å². The lowest BCUT2D eigenvalue weighted by atomic mass is 10.0. The normalized spacial score (nSPS) is 13.9. The highest BCUT2D eigenvalue weighted by Crippen LogP contribution is 2.25. The Morgan fingerprint density at radius 3 is 1.36 bits per heavy atom. The Bertz CT molecular complexity index is 917. The van der Waals surface area contributed by atoms with Gasteiger partial charge in [0.05, 0.1) is 13.2 Å². The number of carbonyl (C=O) groups excluding carboxylic acids is 1. The minimum absolute atomic E-state index is 0.124. The van der Waals surface area contributed by atoms with Gasteiger partial charge in [-0.15, -0.1) is 0 Å². The zero-order chi connectivity index (χ0) is 35.7. The first-order valence-electron chi connectivity index (χ1n) is 21.6. The Hall–Kier alpha value is -1.79. The molecule has 0 saturated carbocycles. The van der Waals surface area contributed by atoms with E-state index in [0.29, 0.717) is 19.6 Å². The third kappa shape index (κ3) is 25.2. The fourth-order valence-corrected chi connectivity index (χ4v) is 6.90. The molecule has 1 aliphatic heterocycles. The molecule has 0 aromatic heterocycles. The molecule has 2 rings (SSSR count). The Labute approximate surface area is 309 Å². The lowest BCUT2D eigenvalue weighted by molar-refractivity contribution is -0.145. The lowest BCUT2D eigenvalue weighted by Gasteiger charge is -2.32. The van der Waals surface area contributed by atoms with Crippen LogP contribution in [0.5, 0.6) is 11.5 Å². The Morgan fingerprint density at radius 1 is 0.540 bits per heavy atom. The highest BCUT2D eigenvalue weighted by atomic mass is 16.5. The monoisotopic (exact) mass is 701 g/mol. The van der Waals surface area contributed by atoms with Crippen molar-refractivity contribution in [2.24, 2.45) is 0 Å². The zero-order valence-electron chi connectivity index (χ0n) is 33.3. The van der Waals surface area contributed by atoms with Crippen molar-refractivity contribution in [1.82, 2.24) is 9.80 Å². The van der Waals surface area contributed by atoms with E-state index >= 15 is 0 Å². The molecule has 1 saturated heterocycles. The molecule has 0 amide bonds. The molecule has 6 heteroatoms. The van der Waals surface area contributed by atoms with Crippen molar-refractivity contribution in [1.29, 1.82) is 0 Å². The first kappa shape index (κ1) is 44.4. The zero-order valence-corrected chi connectivity index (χ0v) is 33.3. The minimum Gasteiger partial charge on any atom is -0.493 e. The van der Waals surface area contributed by atoms with Gasteiger partial charge in [-0.25, -0.2) is 0 Å². The number of esters is 1. The predicted molar refractivity (Wildman–Crippen MR) is 213 cm³/mol. The molecule has 0 bridgehead atoms. The molecule has 1 aromatic rings. The quantitative estimate of drug-likeness (QED) is 0.0527. The maximum atomic E-state index is 12.6. The molecule has 290 valence electrons. The first-order valence-corrected chi connectivity index (χ1v) is 21.6. The molecule has 0 radical (unpaired) electrons. The largest absolute Gasteiger partial charge is 0.493 e. The van der Waals surface area contributed by atoms with E-state index in [2.05, 4.69) is 30.7 Å². The van der Waals surface area contributed by atoms with E-state index in [1.807, 2.05) is 18.2 Å². The Kier molecular flexibility index (Phi) is 28.3. The summed E-state index contributed by atoms with van der Waals surface area (Å²) in [5.41, 5.74) is 0.939. The summed E-state index contributed by atoms with van der Waals surface area (Å²) in [6.07, 6.45) is 33.4. The molecule has 0 unspecified atom stereocenters. The summed E-state index contributed by atoms with van der Waals surface area (Å²) in [5, 5.41) is 0. The van der Waals surface area contributed by atoms with Gasteiger partial charge in [0.1, 0.15) is 18.1 Å². The maximum absolute atomic E-state index is 12.6.